The van der Waals surface area contributed by atoms with Gasteiger partial charge in [0.15, 0.2) is 11.6 Å². The van der Waals surface area contributed by atoms with Crippen LogP contribution >= 0.6 is 0 Å². The zero-order chi connectivity index (χ0) is 27.9. The number of carbonyl (C=O) groups is 2. The van der Waals surface area contributed by atoms with Crippen LogP contribution in [0.25, 0.3) is 0 Å². The molecule has 210 valence electrons. The molecule has 3 aliphatic rings. The highest BCUT2D eigenvalue weighted by Crippen LogP contribution is 2.39. The molecular weight excluding hydrogens is 521 g/mol. The van der Waals surface area contributed by atoms with Crippen molar-refractivity contribution >= 4 is 29.3 Å². The number of halogens is 3. The van der Waals surface area contributed by atoms with Crippen LogP contribution in [-0.2, 0) is 9.47 Å². The minimum Gasteiger partial charge on any atom is -0.491 e. The summed E-state index contributed by atoms with van der Waals surface area (Å²) in [7, 11) is 0. The second kappa shape index (κ2) is 10.2. The first-order chi connectivity index (χ1) is 18.4. The Morgan fingerprint density at radius 2 is 2.08 bits per heavy atom. The van der Waals surface area contributed by atoms with Gasteiger partial charge in [-0.25, -0.2) is 14.8 Å². The van der Waals surface area contributed by atoms with Crippen molar-refractivity contribution in [2.24, 2.45) is 0 Å². The third kappa shape index (κ3) is 5.86. The van der Waals surface area contributed by atoms with Crippen LogP contribution in [0.1, 0.15) is 37.7 Å². The van der Waals surface area contributed by atoms with Gasteiger partial charge in [-0.05, 0) is 45.4 Å². The number of hydrogen-bond acceptors (Lipinski definition) is 8. The second-order valence-electron chi connectivity index (χ2n) is 10.1. The molecule has 0 spiro atoms. The molecule has 3 atom stereocenters. The number of alkyl halides is 3. The van der Waals surface area contributed by atoms with Gasteiger partial charge in [-0.3, -0.25) is 15.0 Å². The summed E-state index contributed by atoms with van der Waals surface area (Å²) in [6, 6.07) is 3.35. The number of urea groups is 1. The van der Waals surface area contributed by atoms with Gasteiger partial charge in [-0.2, -0.15) is 13.2 Å². The molecule has 2 fully saturated rings. The second-order valence-corrected chi connectivity index (χ2v) is 10.1. The molecule has 3 amide bonds. The number of pyridine rings is 2. The van der Waals surface area contributed by atoms with Gasteiger partial charge in [-0.15, -0.1) is 0 Å². The van der Waals surface area contributed by atoms with Gasteiger partial charge in [0.25, 0.3) is 5.91 Å². The van der Waals surface area contributed by atoms with Crippen LogP contribution in [0.15, 0.2) is 30.5 Å². The Kier molecular flexibility index (Phi) is 7.01. The van der Waals surface area contributed by atoms with Crippen molar-refractivity contribution in [1.29, 1.82) is 0 Å². The fraction of sp³-hybridized carbons (Fsp3) is 0.520. The predicted octanol–water partition coefficient (Wildman–Crippen LogP) is 3.32. The topological polar surface area (TPSA) is 118 Å². The minimum absolute atomic E-state index is 0.196. The number of anilines is 3. The van der Waals surface area contributed by atoms with Gasteiger partial charge >= 0.3 is 12.2 Å². The van der Waals surface area contributed by atoms with E-state index in [9.17, 15) is 22.8 Å². The molecule has 0 radical (unpaired) electrons. The fourth-order valence-electron chi connectivity index (χ4n) is 4.72. The van der Waals surface area contributed by atoms with E-state index in [0.29, 0.717) is 37.6 Å². The number of hydrogen-bond donors (Lipinski definition) is 2. The van der Waals surface area contributed by atoms with Gasteiger partial charge in [-0.1, -0.05) is 0 Å². The van der Waals surface area contributed by atoms with Gasteiger partial charge in [0.2, 0.25) is 0 Å². The molecule has 14 heteroatoms. The lowest BCUT2D eigenvalue weighted by atomic mass is 10.1. The highest BCUT2D eigenvalue weighted by molar-refractivity contribution is 6.05. The number of ether oxygens (including phenoxy) is 3. The largest absolute Gasteiger partial charge is 0.491 e. The SMILES string of the molecule is C[C@@H](NC(=O)c1ccc2c(n1)N(C(=O)Nc1cc(OC[C@@H]3COC(C)(C)O3)ccn1)[C@H]1CCN2C1)C(F)(F)F. The Morgan fingerprint density at radius 1 is 1.28 bits per heavy atom. The molecule has 2 bridgehead atoms. The quantitative estimate of drug-likeness (QED) is 0.563. The molecular formula is C25H29F3N6O5. The first kappa shape index (κ1) is 26.9. The Morgan fingerprint density at radius 3 is 2.79 bits per heavy atom. The van der Waals surface area contributed by atoms with Crippen molar-refractivity contribution in [3.8, 4) is 5.75 Å². The molecule has 2 N–H and O–H groups in total. The Labute approximate surface area is 222 Å². The van der Waals surface area contributed by atoms with Crippen LogP contribution in [0, 0.1) is 0 Å². The summed E-state index contributed by atoms with van der Waals surface area (Å²) in [5, 5.41) is 4.66. The van der Waals surface area contributed by atoms with Crippen LogP contribution in [0.4, 0.5) is 35.3 Å². The standard InChI is InChI=1S/C25H29F3N6O5/c1-14(25(26,27)28)30-22(35)18-4-5-19-21(31-18)34(15-7-9-33(19)11-15)23(36)32-20-10-16(6-8-29-20)37-12-17-13-38-24(2,3)39-17/h4-6,8,10,14-15,17H,7,9,11-13H2,1-3H3,(H,30,35)(H,29,32,36)/t14-,15+,17-/m1/s1. The minimum atomic E-state index is -4.60. The van der Waals surface area contributed by atoms with Crippen molar-refractivity contribution in [3.05, 3.63) is 36.2 Å². The van der Waals surface area contributed by atoms with E-state index in [1.54, 1.807) is 18.2 Å². The highest BCUT2D eigenvalue weighted by Gasteiger charge is 2.41. The van der Waals surface area contributed by atoms with E-state index in [1.807, 2.05) is 24.1 Å². The van der Waals surface area contributed by atoms with E-state index in [1.165, 1.54) is 17.2 Å². The van der Waals surface area contributed by atoms with Crippen LogP contribution < -0.4 is 25.2 Å². The molecule has 0 aliphatic carbocycles. The third-order valence-corrected chi connectivity index (χ3v) is 6.71. The van der Waals surface area contributed by atoms with Gasteiger partial charge in [0.1, 0.15) is 36.0 Å². The zero-order valence-electron chi connectivity index (χ0n) is 21.6. The van der Waals surface area contributed by atoms with Crippen molar-refractivity contribution < 1.29 is 37.0 Å². The first-order valence-electron chi connectivity index (χ1n) is 12.5. The van der Waals surface area contributed by atoms with E-state index in [-0.39, 0.29) is 36.1 Å². The zero-order valence-corrected chi connectivity index (χ0v) is 21.6. The molecule has 11 nitrogen and oxygen atoms in total. The van der Waals surface area contributed by atoms with Crippen LogP contribution in [0.2, 0.25) is 0 Å². The Bertz CT molecular complexity index is 1260. The summed E-state index contributed by atoms with van der Waals surface area (Å²) in [5.74, 6) is -0.756. The summed E-state index contributed by atoms with van der Waals surface area (Å²) >= 11 is 0. The monoisotopic (exact) mass is 550 g/mol. The molecule has 3 aliphatic heterocycles. The van der Waals surface area contributed by atoms with Gasteiger partial charge < -0.3 is 24.4 Å². The summed E-state index contributed by atoms with van der Waals surface area (Å²) in [4.78, 5) is 37.9. The van der Waals surface area contributed by atoms with Crippen molar-refractivity contribution in [2.45, 2.75) is 57.3 Å². The number of carbonyl (C=O) groups excluding carboxylic acids is 2. The van der Waals surface area contributed by atoms with Crippen LogP contribution in [0.3, 0.4) is 0 Å². The molecule has 2 aromatic rings. The number of aromatic nitrogens is 2. The van der Waals surface area contributed by atoms with Crippen LogP contribution in [-0.4, -0.2) is 78.4 Å². The van der Waals surface area contributed by atoms with E-state index >= 15 is 0 Å². The van der Waals surface area contributed by atoms with Gasteiger partial charge in [0.05, 0.1) is 18.3 Å². The normalized spacial score (nSPS) is 22.3. The van der Waals surface area contributed by atoms with E-state index in [4.69, 9.17) is 14.2 Å². The molecule has 2 aromatic heterocycles. The third-order valence-electron chi connectivity index (χ3n) is 6.71. The van der Waals surface area contributed by atoms with Gasteiger partial charge in [0, 0.05) is 25.4 Å². The molecule has 39 heavy (non-hydrogen) atoms. The van der Waals surface area contributed by atoms with Crippen molar-refractivity contribution in [3.63, 3.8) is 0 Å². The van der Waals surface area contributed by atoms with Crippen molar-refractivity contribution in [1.82, 2.24) is 15.3 Å². The average molecular weight is 551 g/mol. The first-order valence-corrected chi connectivity index (χ1v) is 12.5. The maximum atomic E-state index is 13.4. The Balaban J connectivity index is 1.31. The summed E-state index contributed by atoms with van der Waals surface area (Å²) in [6.45, 7) is 6.38. The maximum Gasteiger partial charge on any atom is 0.408 e. The summed E-state index contributed by atoms with van der Waals surface area (Å²) < 4.78 is 55.9. The lowest BCUT2D eigenvalue weighted by Gasteiger charge is -2.35. The molecule has 2 saturated heterocycles. The van der Waals surface area contributed by atoms with E-state index < -0.39 is 29.9 Å². The summed E-state index contributed by atoms with van der Waals surface area (Å²) in [6.07, 6.45) is -2.68. The highest BCUT2D eigenvalue weighted by atomic mass is 19.4. The molecule has 5 heterocycles. The Hall–Kier alpha value is -3.65. The number of rotatable bonds is 6. The smallest absolute Gasteiger partial charge is 0.408 e. The average Bonchev–Trinajstić information content (AvgIpc) is 3.45. The molecule has 5 rings (SSSR count). The van der Waals surface area contributed by atoms with E-state index in [2.05, 4.69) is 15.3 Å². The van der Waals surface area contributed by atoms with E-state index in [0.717, 1.165) is 6.92 Å². The van der Waals surface area contributed by atoms with Crippen molar-refractivity contribution in [2.75, 3.05) is 41.4 Å². The lowest BCUT2D eigenvalue weighted by molar-refractivity contribution is -0.149. The molecule has 0 aromatic carbocycles. The fourth-order valence-corrected chi connectivity index (χ4v) is 4.72. The maximum absolute atomic E-state index is 13.4. The molecule has 0 unspecified atom stereocenters. The lowest BCUT2D eigenvalue weighted by Crippen LogP contribution is -2.49. The number of nitrogens with zero attached hydrogens (tertiary/aromatic N) is 4. The number of fused-ring (bicyclic) bond motifs is 4. The summed E-state index contributed by atoms with van der Waals surface area (Å²) in [5.41, 5.74) is 0.394. The number of nitrogens with one attached hydrogen (secondary N) is 2. The predicted molar refractivity (Wildman–Crippen MR) is 134 cm³/mol. The van der Waals surface area contributed by atoms with Crippen LogP contribution in [0.5, 0.6) is 5.75 Å². The molecule has 0 saturated carbocycles. The number of amides is 3.